The minimum atomic E-state index is -0.735. The van der Waals surface area contributed by atoms with Gasteiger partial charge in [0.2, 0.25) is 5.90 Å². The molecule has 154 valence electrons. The Morgan fingerprint density at radius 2 is 1.39 bits per heavy atom. The zero-order valence-electron chi connectivity index (χ0n) is 16.2. The van der Waals surface area contributed by atoms with Crippen LogP contribution in [-0.2, 0) is 4.74 Å². The summed E-state index contributed by atoms with van der Waals surface area (Å²) in [5, 5.41) is 28.0. The predicted octanol–water partition coefficient (Wildman–Crippen LogP) is 4.58. The van der Waals surface area contributed by atoms with Gasteiger partial charge in [-0.3, -0.25) is 26.4 Å². The number of anilines is 2. The Morgan fingerprint density at radius 3 is 1.94 bits per heavy atom. The van der Waals surface area contributed by atoms with Gasteiger partial charge in [0.25, 0.3) is 5.69 Å². The maximum Gasteiger partial charge on any atom is 0.269 e. The molecule has 1 atom stereocenters. The standard InChI is InChI=1S/C22H18N6O3/c23-22-20(27-25-17-9-5-2-6-10-17)19(26-24-16-7-3-1-4-8-16)21(31-22)15-11-13-18(14-12-15)28(29)30/h1-14,21,23-25H/b23-22?,26-19?,27-20+/t21-/m0/s1. The van der Waals surface area contributed by atoms with Gasteiger partial charge in [0, 0.05) is 12.1 Å². The van der Waals surface area contributed by atoms with Crippen molar-refractivity contribution in [2.75, 3.05) is 10.9 Å². The molecule has 4 rings (SSSR count). The Kier molecular flexibility index (Phi) is 5.66. The van der Waals surface area contributed by atoms with Gasteiger partial charge in [-0.1, -0.05) is 36.4 Å². The Hall–Kier alpha value is -4.53. The third-order valence-corrected chi connectivity index (χ3v) is 4.50. The highest BCUT2D eigenvalue weighted by atomic mass is 16.6. The van der Waals surface area contributed by atoms with Crippen LogP contribution in [0.2, 0.25) is 0 Å². The lowest BCUT2D eigenvalue weighted by atomic mass is 10.0. The molecular weight excluding hydrogens is 396 g/mol. The fraction of sp³-hybridized carbons (Fsp3) is 0.0455. The predicted molar refractivity (Wildman–Crippen MR) is 120 cm³/mol. The number of para-hydroxylation sites is 2. The Balaban J connectivity index is 1.68. The van der Waals surface area contributed by atoms with Crippen molar-refractivity contribution in [2.45, 2.75) is 6.10 Å². The quantitative estimate of drug-likeness (QED) is 0.402. The summed E-state index contributed by atoms with van der Waals surface area (Å²) in [5.41, 5.74) is 8.57. The number of nitrogens with zero attached hydrogens (tertiary/aromatic N) is 3. The number of nitro groups is 1. The lowest BCUT2D eigenvalue weighted by molar-refractivity contribution is -0.384. The zero-order valence-corrected chi connectivity index (χ0v) is 16.2. The van der Waals surface area contributed by atoms with E-state index in [9.17, 15) is 10.1 Å². The third kappa shape index (κ3) is 4.56. The summed E-state index contributed by atoms with van der Waals surface area (Å²) in [6.07, 6.45) is -0.735. The maximum atomic E-state index is 11.0. The normalized spacial score (nSPS) is 18.1. The molecule has 1 heterocycles. The van der Waals surface area contributed by atoms with Crippen LogP contribution in [0.5, 0.6) is 0 Å². The number of nitro benzene ring substituents is 1. The van der Waals surface area contributed by atoms with Crippen LogP contribution < -0.4 is 10.9 Å². The van der Waals surface area contributed by atoms with Crippen molar-refractivity contribution in [3.05, 3.63) is 101 Å². The number of hydrazone groups is 2. The van der Waals surface area contributed by atoms with Gasteiger partial charge in [-0.25, -0.2) is 0 Å². The largest absolute Gasteiger partial charge is 0.461 e. The lowest BCUT2D eigenvalue weighted by Crippen LogP contribution is -2.19. The minimum Gasteiger partial charge on any atom is -0.461 e. The summed E-state index contributed by atoms with van der Waals surface area (Å²) in [6, 6.07) is 24.6. The maximum absolute atomic E-state index is 11.0. The van der Waals surface area contributed by atoms with Gasteiger partial charge in [-0.2, -0.15) is 10.2 Å². The molecule has 3 aromatic rings. The first-order valence-electron chi connectivity index (χ1n) is 9.39. The van der Waals surface area contributed by atoms with Gasteiger partial charge in [0.05, 0.1) is 16.3 Å². The molecule has 9 heteroatoms. The fourth-order valence-electron chi connectivity index (χ4n) is 2.96. The molecule has 1 saturated heterocycles. The minimum absolute atomic E-state index is 0.0302. The van der Waals surface area contributed by atoms with E-state index in [0.717, 1.165) is 11.4 Å². The number of rotatable bonds is 6. The molecule has 0 amide bonds. The second-order valence-electron chi connectivity index (χ2n) is 6.59. The highest BCUT2D eigenvalue weighted by Crippen LogP contribution is 2.28. The molecule has 0 bridgehead atoms. The highest BCUT2D eigenvalue weighted by Gasteiger charge is 2.37. The summed E-state index contributed by atoms with van der Waals surface area (Å²) in [6.45, 7) is 0. The van der Waals surface area contributed by atoms with E-state index in [2.05, 4.69) is 21.1 Å². The van der Waals surface area contributed by atoms with Gasteiger partial charge in [0.15, 0.2) is 11.8 Å². The summed E-state index contributed by atoms with van der Waals surface area (Å²) in [5.74, 6) is -0.152. The Morgan fingerprint density at radius 1 is 0.839 bits per heavy atom. The van der Waals surface area contributed by atoms with Crippen molar-refractivity contribution in [3.8, 4) is 0 Å². The molecule has 0 radical (unpaired) electrons. The smallest absolute Gasteiger partial charge is 0.269 e. The molecule has 0 saturated carbocycles. The molecule has 1 aliphatic heterocycles. The van der Waals surface area contributed by atoms with E-state index in [1.54, 1.807) is 12.1 Å². The lowest BCUT2D eigenvalue weighted by Gasteiger charge is -2.11. The average molecular weight is 414 g/mol. The van der Waals surface area contributed by atoms with Gasteiger partial charge < -0.3 is 4.74 Å². The molecule has 9 nitrogen and oxygen atoms in total. The molecule has 3 aromatic carbocycles. The van der Waals surface area contributed by atoms with E-state index in [-0.39, 0.29) is 17.3 Å². The van der Waals surface area contributed by atoms with E-state index in [1.165, 1.54) is 12.1 Å². The zero-order chi connectivity index (χ0) is 21.6. The van der Waals surface area contributed by atoms with Crippen molar-refractivity contribution in [3.63, 3.8) is 0 Å². The summed E-state index contributed by atoms with van der Waals surface area (Å²) in [7, 11) is 0. The van der Waals surface area contributed by atoms with E-state index >= 15 is 0 Å². The number of ether oxygens (including phenoxy) is 1. The van der Waals surface area contributed by atoms with Gasteiger partial charge in [0.1, 0.15) is 5.71 Å². The van der Waals surface area contributed by atoms with Crippen LogP contribution in [0.15, 0.2) is 95.1 Å². The Bertz CT molecular complexity index is 1140. The molecule has 1 fully saturated rings. The molecule has 0 unspecified atom stereocenters. The van der Waals surface area contributed by atoms with Gasteiger partial charge >= 0.3 is 0 Å². The fourth-order valence-corrected chi connectivity index (χ4v) is 2.96. The highest BCUT2D eigenvalue weighted by molar-refractivity contribution is 6.69. The number of benzene rings is 3. The van der Waals surface area contributed by atoms with Crippen LogP contribution >= 0.6 is 0 Å². The van der Waals surface area contributed by atoms with Crippen LogP contribution in [0.1, 0.15) is 11.7 Å². The van der Waals surface area contributed by atoms with Crippen LogP contribution in [0.4, 0.5) is 17.1 Å². The van der Waals surface area contributed by atoms with E-state index in [4.69, 9.17) is 10.1 Å². The van der Waals surface area contributed by atoms with E-state index in [1.807, 2.05) is 60.7 Å². The number of hydrogen-bond donors (Lipinski definition) is 3. The van der Waals surface area contributed by atoms with Crippen molar-refractivity contribution in [1.29, 1.82) is 5.41 Å². The monoisotopic (exact) mass is 414 g/mol. The first-order chi connectivity index (χ1) is 15.1. The topological polar surface area (TPSA) is 125 Å². The van der Waals surface area contributed by atoms with Crippen molar-refractivity contribution in [1.82, 2.24) is 0 Å². The number of nitrogens with one attached hydrogen (secondary N) is 3. The van der Waals surface area contributed by atoms with Crippen molar-refractivity contribution < 1.29 is 9.66 Å². The molecule has 0 aliphatic carbocycles. The van der Waals surface area contributed by atoms with Crippen LogP contribution in [-0.4, -0.2) is 22.2 Å². The van der Waals surface area contributed by atoms with Crippen molar-refractivity contribution >= 4 is 34.4 Å². The first kappa shape index (κ1) is 19.8. The Labute approximate surface area is 177 Å². The SMILES string of the molecule is N=C1O[C@@H](c2ccc([N+](=O)[O-])cc2)C(=NNc2ccccc2)/C1=N\Nc1ccccc1. The van der Waals surface area contributed by atoms with E-state index < -0.39 is 11.0 Å². The van der Waals surface area contributed by atoms with Crippen LogP contribution in [0.25, 0.3) is 0 Å². The van der Waals surface area contributed by atoms with E-state index in [0.29, 0.717) is 11.3 Å². The summed E-state index contributed by atoms with van der Waals surface area (Å²) in [4.78, 5) is 10.5. The van der Waals surface area contributed by atoms with Crippen LogP contribution in [0, 0.1) is 15.5 Å². The molecule has 3 N–H and O–H groups in total. The molecule has 31 heavy (non-hydrogen) atoms. The van der Waals surface area contributed by atoms with Crippen molar-refractivity contribution in [2.24, 2.45) is 10.2 Å². The summed E-state index contributed by atoms with van der Waals surface area (Å²) < 4.78 is 5.72. The molecule has 0 spiro atoms. The second kappa shape index (κ2) is 8.87. The second-order valence-corrected chi connectivity index (χ2v) is 6.59. The number of hydrogen-bond acceptors (Lipinski definition) is 8. The molecule has 1 aliphatic rings. The van der Waals surface area contributed by atoms with Gasteiger partial charge in [-0.05, 0) is 42.0 Å². The van der Waals surface area contributed by atoms with Gasteiger partial charge in [-0.15, -0.1) is 0 Å². The molecule has 0 aromatic heterocycles. The van der Waals surface area contributed by atoms with Crippen LogP contribution in [0.3, 0.4) is 0 Å². The number of non-ortho nitro benzene ring substituents is 1. The average Bonchev–Trinajstić information content (AvgIpc) is 3.12. The molecular formula is C22H18N6O3. The third-order valence-electron chi connectivity index (χ3n) is 4.50. The summed E-state index contributed by atoms with van der Waals surface area (Å²) >= 11 is 0. The first-order valence-corrected chi connectivity index (χ1v) is 9.39.